The average molecular weight is 480 g/mol. The molecule has 9 nitrogen and oxygen atoms in total. The molecule has 0 bridgehead atoms. The number of aryl methyl sites for hydroxylation is 2. The quantitative estimate of drug-likeness (QED) is 0.243. The molecule has 3 aromatic rings. The molecule has 152 valence electrons. The van der Waals surface area contributed by atoms with Crippen molar-refractivity contribution >= 4 is 42.4 Å². The standard InChI is InChI=1S/C18H16N2O7S2.2Na/c1-10-3-6-15(11(2)7-10)19-20-17-14-9-13(28(22,23)24)5-4-12(14)8-16(18(17)21)29(25,26)27;;/h3-9,21H,1-2H3,(H,22,23,24)(H,25,26,27);;/q;2*+1/p-2/b20-19+;;. The smallest absolute Gasteiger partial charge is 0.744 e. The van der Waals surface area contributed by atoms with Gasteiger partial charge in [0.15, 0.2) is 5.75 Å². The fourth-order valence-corrected chi connectivity index (χ4v) is 3.89. The number of phenolic OH excluding ortho intramolecular Hbond substituents is 1. The monoisotopic (exact) mass is 480 g/mol. The van der Waals surface area contributed by atoms with Crippen LogP contribution in [0.15, 0.2) is 62.5 Å². The summed E-state index contributed by atoms with van der Waals surface area (Å²) in [5.74, 6) is -0.985. The van der Waals surface area contributed by atoms with E-state index < -0.39 is 41.5 Å². The third kappa shape index (κ3) is 6.35. The normalized spacial score (nSPS) is 11.9. The molecule has 0 heterocycles. The Hall–Kier alpha value is -0.860. The van der Waals surface area contributed by atoms with Gasteiger partial charge in [-0.15, -0.1) is 5.11 Å². The second-order valence-corrected chi connectivity index (χ2v) is 9.08. The molecule has 0 amide bonds. The summed E-state index contributed by atoms with van der Waals surface area (Å²) in [6.07, 6.45) is 0. The number of aromatic hydroxyl groups is 1. The summed E-state index contributed by atoms with van der Waals surface area (Å²) < 4.78 is 68.5. The predicted octanol–water partition coefficient (Wildman–Crippen LogP) is -2.61. The van der Waals surface area contributed by atoms with Gasteiger partial charge in [0.25, 0.3) is 0 Å². The first-order chi connectivity index (χ1) is 13.4. The summed E-state index contributed by atoms with van der Waals surface area (Å²) in [5.41, 5.74) is 1.68. The molecular formula is C18H14N2Na2O7S2. The van der Waals surface area contributed by atoms with Crippen LogP contribution in [-0.4, -0.2) is 31.0 Å². The van der Waals surface area contributed by atoms with Crippen LogP contribution in [0.2, 0.25) is 0 Å². The molecule has 0 saturated heterocycles. The first kappa shape index (κ1) is 28.2. The van der Waals surface area contributed by atoms with E-state index in [2.05, 4.69) is 10.2 Å². The molecule has 0 unspecified atom stereocenters. The van der Waals surface area contributed by atoms with Crippen LogP contribution in [0.25, 0.3) is 10.8 Å². The molecule has 0 fully saturated rings. The Morgan fingerprint density at radius 3 is 2.03 bits per heavy atom. The Morgan fingerprint density at radius 1 is 0.839 bits per heavy atom. The van der Waals surface area contributed by atoms with Crippen molar-refractivity contribution in [3.8, 4) is 5.75 Å². The van der Waals surface area contributed by atoms with Gasteiger partial charge in [0.2, 0.25) is 0 Å². The summed E-state index contributed by atoms with van der Waals surface area (Å²) in [7, 11) is -9.89. The third-order valence-electron chi connectivity index (χ3n) is 4.19. The maximum Gasteiger partial charge on any atom is 1.00 e. The second kappa shape index (κ2) is 10.4. The molecule has 0 radical (unpaired) electrons. The van der Waals surface area contributed by atoms with E-state index >= 15 is 0 Å². The molecule has 0 aliphatic heterocycles. The zero-order chi connectivity index (χ0) is 21.6. The number of phenols is 1. The van der Waals surface area contributed by atoms with Gasteiger partial charge in [0.1, 0.15) is 25.9 Å². The van der Waals surface area contributed by atoms with Crippen LogP contribution in [0.3, 0.4) is 0 Å². The SMILES string of the molecule is Cc1ccc(/N=N/c2c(O)c(S(=O)(=O)[O-])cc3ccc(S(=O)(=O)[O-])cc23)c(C)c1.[Na+].[Na+]. The Kier molecular flexibility index (Phi) is 9.44. The van der Waals surface area contributed by atoms with E-state index in [-0.39, 0.29) is 69.9 Å². The number of nitrogens with zero attached hydrogens (tertiary/aromatic N) is 2. The van der Waals surface area contributed by atoms with E-state index in [0.717, 1.165) is 35.4 Å². The van der Waals surface area contributed by atoms with E-state index in [1.54, 1.807) is 19.1 Å². The number of rotatable bonds is 4. The van der Waals surface area contributed by atoms with Crippen LogP contribution >= 0.6 is 0 Å². The van der Waals surface area contributed by atoms with Gasteiger partial charge in [0, 0.05) is 5.39 Å². The summed E-state index contributed by atoms with van der Waals surface area (Å²) in [6, 6.07) is 9.17. The van der Waals surface area contributed by atoms with E-state index in [4.69, 9.17) is 0 Å². The zero-order valence-electron chi connectivity index (χ0n) is 17.1. The van der Waals surface area contributed by atoms with Crippen molar-refractivity contribution in [2.45, 2.75) is 23.6 Å². The van der Waals surface area contributed by atoms with Crippen molar-refractivity contribution in [1.82, 2.24) is 0 Å². The molecule has 0 saturated carbocycles. The van der Waals surface area contributed by atoms with E-state index in [0.29, 0.717) is 5.69 Å². The van der Waals surface area contributed by atoms with Crippen LogP contribution in [-0.2, 0) is 20.2 Å². The molecule has 13 heteroatoms. The minimum absolute atomic E-state index is 0. The van der Waals surface area contributed by atoms with Crippen molar-refractivity contribution in [1.29, 1.82) is 0 Å². The van der Waals surface area contributed by atoms with Gasteiger partial charge in [-0.25, -0.2) is 16.8 Å². The first-order valence-electron chi connectivity index (χ1n) is 8.08. The average Bonchev–Trinajstić information content (AvgIpc) is 2.59. The van der Waals surface area contributed by atoms with Crippen LogP contribution in [0.5, 0.6) is 5.75 Å². The molecule has 31 heavy (non-hydrogen) atoms. The Balaban J connectivity index is 0.00000240. The molecule has 0 aliphatic rings. The van der Waals surface area contributed by atoms with Crippen LogP contribution in [0.4, 0.5) is 11.4 Å². The summed E-state index contributed by atoms with van der Waals surface area (Å²) in [4.78, 5) is -1.54. The van der Waals surface area contributed by atoms with Gasteiger partial charge in [-0.05, 0) is 49.1 Å². The van der Waals surface area contributed by atoms with Crippen molar-refractivity contribution in [3.63, 3.8) is 0 Å². The molecule has 0 atom stereocenters. The number of benzene rings is 3. The van der Waals surface area contributed by atoms with Crippen molar-refractivity contribution in [3.05, 3.63) is 53.6 Å². The molecule has 0 aromatic heterocycles. The first-order valence-corrected chi connectivity index (χ1v) is 10.9. The van der Waals surface area contributed by atoms with Gasteiger partial charge < -0.3 is 14.2 Å². The molecule has 0 spiro atoms. The number of hydrogen-bond donors (Lipinski definition) is 1. The van der Waals surface area contributed by atoms with E-state index in [9.17, 15) is 31.0 Å². The zero-order valence-corrected chi connectivity index (χ0v) is 22.8. The van der Waals surface area contributed by atoms with Gasteiger partial charge in [-0.3, -0.25) is 0 Å². The fraction of sp³-hybridized carbons (Fsp3) is 0.111. The Labute approximate surface area is 223 Å². The van der Waals surface area contributed by atoms with Crippen molar-refractivity contribution in [2.75, 3.05) is 0 Å². The van der Waals surface area contributed by atoms with Crippen molar-refractivity contribution < 1.29 is 90.2 Å². The summed E-state index contributed by atoms with van der Waals surface area (Å²) in [6.45, 7) is 3.64. The molecule has 3 aromatic carbocycles. The number of azo groups is 1. The van der Waals surface area contributed by atoms with Crippen LogP contribution in [0.1, 0.15) is 11.1 Å². The fourth-order valence-electron chi connectivity index (χ4n) is 2.79. The summed E-state index contributed by atoms with van der Waals surface area (Å²) >= 11 is 0. The maximum absolute atomic E-state index is 11.5. The van der Waals surface area contributed by atoms with Crippen LogP contribution in [0, 0.1) is 13.8 Å². The third-order valence-corrected chi connectivity index (χ3v) is 5.87. The topological polar surface area (TPSA) is 159 Å². The predicted molar refractivity (Wildman–Crippen MR) is 102 cm³/mol. The van der Waals surface area contributed by atoms with Gasteiger partial charge in [-0.1, -0.05) is 23.8 Å². The van der Waals surface area contributed by atoms with E-state index in [1.807, 2.05) is 13.0 Å². The van der Waals surface area contributed by atoms with Gasteiger partial charge >= 0.3 is 59.1 Å². The summed E-state index contributed by atoms with van der Waals surface area (Å²) in [5, 5.41) is 18.2. The van der Waals surface area contributed by atoms with E-state index in [1.165, 1.54) is 0 Å². The second-order valence-electron chi connectivity index (χ2n) is 6.35. The number of fused-ring (bicyclic) bond motifs is 1. The molecule has 1 N–H and O–H groups in total. The molecule has 3 rings (SSSR count). The largest absolute Gasteiger partial charge is 1.00 e. The maximum atomic E-state index is 11.5. The van der Waals surface area contributed by atoms with Crippen LogP contribution < -0.4 is 59.1 Å². The minimum atomic E-state index is -5.06. The Morgan fingerprint density at radius 2 is 1.48 bits per heavy atom. The minimum Gasteiger partial charge on any atom is -0.744 e. The van der Waals surface area contributed by atoms with Gasteiger partial charge in [0.05, 0.1) is 15.5 Å². The van der Waals surface area contributed by atoms with Gasteiger partial charge in [-0.2, -0.15) is 5.11 Å². The van der Waals surface area contributed by atoms with Crippen molar-refractivity contribution in [2.24, 2.45) is 10.2 Å². The molecular weight excluding hydrogens is 466 g/mol. The molecule has 0 aliphatic carbocycles. The Bertz CT molecular complexity index is 1390. The number of hydrogen-bond acceptors (Lipinski definition) is 9.